The third-order valence-electron chi connectivity index (χ3n) is 2.06. The summed E-state index contributed by atoms with van der Waals surface area (Å²) in [6, 6.07) is 0. The molecule has 0 atom stereocenters. The van der Waals surface area contributed by atoms with Gasteiger partial charge in [-0.1, -0.05) is 6.42 Å². The molecule has 116 valence electrons. The quantitative estimate of drug-likeness (QED) is 0.441. The van der Waals surface area contributed by atoms with E-state index in [1.165, 1.54) is 0 Å². The molecule has 0 aliphatic heterocycles. The van der Waals surface area contributed by atoms with E-state index >= 15 is 0 Å². The minimum Gasteiger partial charge on any atom is -0.434 e. The molecule has 9 heteroatoms. The minimum absolute atomic E-state index is 0.0496. The van der Waals surface area contributed by atoms with Crippen LogP contribution in [0.1, 0.15) is 32.6 Å². The van der Waals surface area contributed by atoms with Gasteiger partial charge in [-0.3, -0.25) is 9.59 Å². The molecule has 0 rings (SSSR count). The number of amides is 1. The number of hydrogen-bond donors (Lipinski definition) is 1. The summed E-state index contributed by atoms with van der Waals surface area (Å²) in [7, 11) is 0. The fourth-order valence-electron chi connectivity index (χ4n) is 1.16. The highest BCUT2D eigenvalue weighted by atomic mass is 19.4. The van der Waals surface area contributed by atoms with Crippen molar-refractivity contribution in [2.24, 2.45) is 0 Å². The van der Waals surface area contributed by atoms with Gasteiger partial charge < -0.3 is 14.8 Å². The highest BCUT2D eigenvalue weighted by Gasteiger charge is 2.38. The van der Waals surface area contributed by atoms with Gasteiger partial charge in [0, 0.05) is 13.0 Å². The van der Waals surface area contributed by atoms with E-state index in [0.29, 0.717) is 12.8 Å². The smallest absolute Gasteiger partial charge is 0.434 e. The van der Waals surface area contributed by atoms with Gasteiger partial charge in [-0.25, -0.2) is 4.79 Å². The highest BCUT2D eigenvalue weighted by Crippen LogP contribution is 2.14. The first-order valence-electron chi connectivity index (χ1n) is 5.99. The van der Waals surface area contributed by atoms with E-state index in [1.54, 1.807) is 12.2 Å². The van der Waals surface area contributed by atoms with Crippen molar-refractivity contribution in [3.63, 3.8) is 0 Å². The number of carbonyl (C=O) groups excluding carboxylic acids is 3. The van der Waals surface area contributed by atoms with Crippen LogP contribution >= 0.6 is 0 Å². The first kappa shape index (κ1) is 18.2. The number of nitrogens with one attached hydrogen (secondary N) is 1. The van der Waals surface area contributed by atoms with Gasteiger partial charge in [0.25, 0.3) is 0 Å². The molecule has 0 aromatic rings. The van der Waals surface area contributed by atoms with E-state index < -0.39 is 24.2 Å². The molecule has 0 unspecified atom stereocenters. The first-order valence-corrected chi connectivity index (χ1v) is 5.99. The second kappa shape index (κ2) is 9.16. The van der Waals surface area contributed by atoms with Gasteiger partial charge >= 0.3 is 24.2 Å². The number of hydrogen-bond acceptors (Lipinski definition) is 5. The van der Waals surface area contributed by atoms with E-state index in [4.69, 9.17) is 0 Å². The van der Waals surface area contributed by atoms with Gasteiger partial charge in [-0.2, -0.15) is 13.2 Å². The second-order valence-electron chi connectivity index (χ2n) is 3.72. The molecule has 0 heterocycles. The van der Waals surface area contributed by atoms with Crippen LogP contribution in [-0.2, 0) is 19.1 Å². The molecule has 0 bridgehead atoms. The Hall–Kier alpha value is -1.80. The van der Waals surface area contributed by atoms with Crippen LogP contribution in [0.5, 0.6) is 0 Å². The summed E-state index contributed by atoms with van der Waals surface area (Å²) in [6.45, 7) is 1.51. The Morgan fingerprint density at radius 2 is 1.75 bits per heavy atom. The summed E-state index contributed by atoms with van der Waals surface area (Å²) in [6.07, 6.45) is -4.98. The number of ether oxygens (including phenoxy) is 2. The summed E-state index contributed by atoms with van der Waals surface area (Å²) < 4.78 is 44.0. The van der Waals surface area contributed by atoms with Crippen LogP contribution in [0.3, 0.4) is 0 Å². The van der Waals surface area contributed by atoms with E-state index in [-0.39, 0.29) is 26.0 Å². The molecule has 0 radical (unpaired) electrons. The summed E-state index contributed by atoms with van der Waals surface area (Å²) in [5.41, 5.74) is 0. The summed E-state index contributed by atoms with van der Waals surface area (Å²) in [5.74, 6) is -2.75. The van der Waals surface area contributed by atoms with Crippen molar-refractivity contribution in [2.75, 3.05) is 13.2 Å². The maximum Gasteiger partial charge on any atom is 0.516 e. The Morgan fingerprint density at radius 1 is 1.10 bits per heavy atom. The topological polar surface area (TPSA) is 81.7 Å². The van der Waals surface area contributed by atoms with Crippen LogP contribution in [0.4, 0.5) is 18.0 Å². The zero-order valence-electron chi connectivity index (χ0n) is 10.9. The predicted octanol–water partition coefficient (Wildman–Crippen LogP) is 1.93. The second-order valence-corrected chi connectivity index (χ2v) is 3.72. The molecule has 0 fully saturated rings. The Bertz CT molecular complexity index is 343. The van der Waals surface area contributed by atoms with Crippen molar-refractivity contribution in [3.8, 4) is 0 Å². The van der Waals surface area contributed by atoms with Crippen LogP contribution in [0.25, 0.3) is 0 Å². The minimum atomic E-state index is -4.89. The maximum atomic E-state index is 11.8. The summed E-state index contributed by atoms with van der Waals surface area (Å²) in [4.78, 5) is 32.2. The molecule has 0 aliphatic carbocycles. The molecule has 20 heavy (non-hydrogen) atoms. The average Bonchev–Trinajstić information content (AvgIpc) is 2.32. The van der Waals surface area contributed by atoms with Gasteiger partial charge in [-0.15, -0.1) is 0 Å². The number of alkyl halides is 3. The zero-order valence-corrected chi connectivity index (χ0v) is 10.9. The van der Waals surface area contributed by atoms with Crippen LogP contribution in [0.2, 0.25) is 0 Å². The number of rotatable bonds is 7. The largest absolute Gasteiger partial charge is 0.516 e. The van der Waals surface area contributed by atoms with Crippen molar-refractivity contribution in [1.29, 1.82) is 0 Å². The lowest BCUT2D eigenvalue weighted by molar-refractivity contribution is -0.173. The van der Waals surface area contributed by atoms with E-state index in [0.717, 1.165) is 0 Å². The molecule has 0 aromatic heterocycles. The predicted molar refractivity (Wildman–Crippen MR) is 60.6 cm³/mol. The highest BCUT2D eigenvalue weighted by molar-refractivity contribution is 5.82. The Kier molecular flexibility index (Phi) is 8.33. The van der Waals surface area contributed by atoms with Crippen LogP contribution in [0, 0.1) is 0 Å². The number of esters is 1. The fourth-order valence-corrected chi connectivity index (χ4v) is 1.16. The van der Waals surface area contributed by atoms with Gasteiger partial charge in [0.2, 0.25) is 0 Å². The van der Waals surface area contributed by atoms with E-state index in [1.807, 2.05) is 0 Å². The zero-order chi connectivity index (χ0) is 15.6. The Balaban J connectivity index is 3.56. The van der Waals surface area contributed by atoms with Gasteiger partial charge in [-0.05, 0) is 19.8 Å². The molecule has 0 aromatic carbocycles. The molecule has 0 spiro atoms. The van der Waals surface area contributed by atoms with Gasteiger partial charge in [0.1, 0.15) is 0 Å². The molecule has 6 nitrogen and oxygen atoms in total. The molecular weight excluding hydrogens is 283 g/mol. The van der Waals surface area contributed by atoms with Crippen molar-refractivity contribution >= 4 is 18.0 Å². The van der Waals surface area contributed by atoms with Gasteiger partial charge in [0.05, 0.1) is 6.61 Å². The lowest BCUT2D eigenvalue weighted by Gasteiger charge is -2.07. The van der Waals surface area contributed by atoms with E-state index in [9.17, 15) is 27.6 Å². The Labute approximate surface area is 113 Å². The fraction of sp³-hybridized carbons (Fsp3) is 0.727. The first-order chi connectivity index (χ1) is 9.27. The van der Waals surface area contributed by atoms with Crippen LogP contribution in [-0.4, -0.2) is 37.4 Å². The third kappa shape index (κ3) is 9.17. The molecule has 0 saturated carbocycles. The number of halogens is 3. The molecule has 0 saturated heterocycles. The molecular formula is C11H16F3NO5. The Morgan fingerprint density at radius 3 is 2.30 bits per heavy atom. The van der Waals surface area contributed by atoms with Crippen LogP contribution in [0.15, 0.2) is 0 Å². The maximum absolute atomic E-state index is 11.8. The molecule has 1 amide bonds. The van der Waals surface area contributed by atoms with E-state index in [2.05, 4.69) is 9.47 Å². The number of unbranched alkanes of at least 4 members (excludes halogenated alkanes) is 2. The van der Waals surface area contributed by atoms with Crippen molar-refractivity contribution in [1.82, 2.24) is 5.32 Å². The van der Waals surface area contributed by atoms with Crippen molar-refractivity contribution in [2.45, 2.75) is 38.8 Å². The lowest BCUT2D eigenvalue weighted by atomic mass is 10.2. The standard InChI is InChI=1S/C11H16F3NO5/c1-2-19-10(18)20-8(16)6-4-3-5-7-15-9(17)11(12,13)14/h2-7H2,1H3,(H,15,17). The SMILES string of the molecule is CCOC(=O)OC(=O)CCCCCNC(=O)C(F)(F)F. The summed E-state index contributed by atoms with van der Waals surface area (Å²) >= 11 is 0. The average molecular weight is 299 g/mol. The van der Waals surface area contributed by atoms with Crippen molar-refractivity contribution < 1.29 is 37.0 Å². The van der Waals surface area contributed by atoms with Gasteiger partial charge in [0.15, 0.2) is 0 Å². The number of carbonyl (C=O) groups is 3. The summed E-state index contributed by atoms with van der Waals surface area (Å²) in [5, 5.41) is 1.71. The lowest BCUT2D eigenvalue weighted by Crippen LogP contribution is -2.37. The molecule has 1 N–H and O–H groups in total. The van der Waals surface area contributed by atoms with Crippen LogP contribution < -0.4 is 5.32 Å². The third-order valence-corrected chi connectivity index (χ3v) is 2.06. The van der Waals surface area contributed by atoms with Crippen molar-refractivity contribution in [3.05, 3.63) is 0 Å². The monoisotopic (exact) mass is 299 g/mol. The molecule has 0 aliphatic rings. The normalized spacial score (nSPS) is 10.8.